The van der Waals surface area contributed by atoms with Crippen LogP contribution in [0.2, 0.25) is 0 Å². The topological polar surface area (TPSA) is 90.5 Å². The third-order valence-corrected chi connectivity index (χ3v) is 5.53. The lowest BCUT2D eigenvalue weighted by atomic mass is 10.2. The van der Waals surface area contributed by atoms with E-state index in [0.29, 0.717) is 44.6 Å². The Bertz CT molecular complexity index is 1150. The molecule has 1 N–H and O–H groups in total. The summed E-state index contributed by atoms with van der Waals surface area (Å²) >= 11 is 1.16. The quantitative estimate of drug-likeness (QED) is 0.534. The van der Waals surface area contributed by atoms with Gasteiger partial charge in [-0.1, -0.05) is 19.1 Å². The van der Waals surface area contributed by atoms with Gasteiger partial charge in [0.25, 0.3) is 5.56 Å². The van der Waals surface area contributed by atoms with Gasteiger partial charge in [0.05, 0.1) is 25.7 Å². The SMILES string of the molecule is CCCOc1cc(/C=C/c2nc3sc(C(=O)OCC)c(C)c3c(=O)[nH]2)ccc1OC. The predicted molar refractivity (Wildman–Crippen MR) is 119 cm³/mol. The zero-order valence-corrected chi connectivity index (χ0v) is 18.2. The second-order valence-corrected chi connectivity index (χ2v) is 7.50. The first-order valence-electron chi connectivity index (χ1n) is 9.67. The van der Waals surface area contributed by atoms with Crippen molar-refractivity contribution in [2.75, 3.05) is 20.3 Å². The van der Waals surface area contributed by atoms with Crippen molar-refractivity contribution < 1.29 is 19.0 Å². The van der Waals surface area contributed by atoms with Gasteiger partial charge < -0.3 is 19.2 Å². The second kappa shape index (κ2) is 9.58. The van der Waals surface area contributed by atoms with Crippen molar-refractivity contribution in [3.63, 3.8) is 0 Å². The van der Waals surface area contributed by atoms with Gasteiger partial charge in [0.2, 0.25) is 0 Å². The molecule has 3 rings (SSSR count). The summed E-state index contributed by atoms with van der Waals surface area (Å²) in [6.07, 6.45) is 4.43. The number of aromatic nitrogens is 2. The number of rotatable bonds is 8. The maximum atomic E-state index is 12.6. The van der Waals surface area contributed by atoms with Crippen molar-refractivity contribution >= 4 is 39.7 Å². The number of hydrogen-bond donors (Lipinski definition) is 1. The fraction of sp³-hybridized carbons (Fsp3) is 0.318. The third-order valence-electron chi connectivity index (χ3n) is 4.36. The Labute approximate surface area is 178 Å². The molecule has 2 heterocycles. The Morgan fingerprint density at radius 1 is 1.23 bits per heavy atom. The van der Waals surface area contributed by atoms with E-state index in [4.69, 9.17) is 14.2 Å². The molecular formula is C22H24N2O5S. The number of benzene rings is 1. The number of methoxy groups -OCH3 is 1. The predicted octanol–water partition coefficient (Wildman–Crippen LogP) is 4.44. The number of aryl methyl sites for hydroxylation is 1. The molecule has 7 nitrogen and oxygen atoms in total. The van der Waals surface area contributed by atoms with E-state index in [9.17, 15) is 9.59 Å². The monoisotopic (exact) mass is 428 g/mol. The number of nitrogens with one attached hydrogen (secondary N) is 1. The lowest BCUT2D eigenvalue weighted by Crippen LogP contribution is -2.10. The van der Waals surface area contributed by atoms with E-state index in [0.717, 1.165) is 23.3 Å². The molecule has 0 spiro atoms. The van der Waals surface area contributed by atoms with Gasteiger partial charge in [-0.25, -0.2) is 9.78 Å². The number of nitrogens with zero attached hydrogens (tertiary/aromatic N) is 1. The number of hydrogen-bond acceptors (Lipinski definition) is 7. The van der Waals surface area contributed by atoms with Crippen LogP contribution >= 0.6 is 11.3 Å². The lowest BCUT2D eigenvalue weighted by Gasteiger charge is -2.10. The van der Waals surface area contributed by atoms with Crippen molar-refractivity contribution in [2.45, 2.75) is 27.2 Å². The summed E-state index contributed by atoms with van der Waals surface area (Å²) < 4.78 is 16.1. The van der Waals surface area contributed by atoms with Crippen LogP contribution in [0.25, 0.3) is 22.4 Å². The number of H-pyrrole nitrogens is 1. The molecule has 0 unspecified atom stereocenters. The normalized spacial score (nSPS) is 11.2. The molecule has 0 aliphatic heterocycles. The van der Waals surface area contributed by atoms with E-state index in [1.54, 1.807) is 27.0 Å². The van der Waals surface area contributed by atoms with E-state index in [1.807, 2.05) is 31.2 Å². The van der Waals surface area contributed by atoms with E-state index < -0.39 is 5.97 Å². The van der Waals surface area contributed by atoms with Crippen LogP contribution in [0.5, 0.6) is 11.5 Å². The van der Waals surface area contributed by atoms with E-state index in [2.05, 4.69) is 9.97 Å². The second-order valence-electron chi connectivity index (χ2n) is 6.50. The first-order chi connectivity index (χ1) is 14.5. The van der Waals surface area contributed by atoms with Crippen LogP contribution in [0.4, 0.5) is 0 Å². The van der Waals surface area contributed by atoms with Crippen LogP contribution < -0.4 is 15.0 Å². The maximum absolute atomic E-state index is 12.6. The zero-order chi connectivity index (χ0) is 21.7. The zero-order valence-electron chi connectivity index (χ0n) is 17.4. The molecule has 0 saturated heterocycles. The molecule has 0 atom stereocenters. The van der Waals surface area contributed by atoms with E-state index in [1.165, 1.54) is 0 Å². The summed E-state index contributed by atoms with van der Waals surface area (Å²) in [6.45, 7) is 6.37. The molecule has 0 saturated carbocycles. The largest absolute Gasteiger partial charge is 0.493 e. The lowest BCUT2D eigenvalue weighted by molar-refractivity contribution is 0.0531. The molecule has 0 aliphatic rings. The number of carbonyl (C=O) groups is 1. The molecule has 1 aromatic carbocycles. The Kier molecular flexibility index (Phi) is 6.89. The van der Waals surface area contributed by atoms with Gasteiger partial charge in [-0.05, 0) is 49.6 Å². The molecule has 30 heavy (non-hydrogen) atoms. The van der Waals surface area contributed by atoms with Crippen molar-refractivity contribution in [2.24, 2.45) is 0 Å². The minimum atomic E-state index is -0.438. The number of thiophene rings is 1. The Balaban J connectivity index is 1.93. The van der Waals surface area contributed by atoms with Crippen LogP contribution in [-0.2, 0) is 4.74 Å². The van der Waals surface area contributed by atoms with Gasteiger partial charge >= 0.3 is 5.97 Å². The smallest absolute Gasteiger partial charge is 0.348 e. The van der Waals surface area contributed by atoms with Crippen LogP contribution in [-0.4, -0.2) is 36.3 Å². The fourth-order valence-electron chi connectivity index (χ4n) is 2.93. The van der Waals surface area contributed by atoms with Gasteiger partial charge in [-0.3, -0.25) is 4.79 Å². The molecule has 8 heteroatoms. The average molecular weight is 429 g/mol. The first-order valence-corrected chi connectivity index (χ1v) is 10.5. The van der Waals surface area contributed by atoms with Crippen LogP contribution in [0, 0.1) is 6.92 Å². The van der Waals surface area contributed by atoms with E-state index >= 15 is 0 Å². The molecule has 158 valence electrons. The summed E-state index contributed by atoms with van der Waals surface area (Å²) in [5, 5.41) is 0.417. The molecule has 0 bridgehead atoms. The van der Waals surface area contributed by atoms with Crippen molar-refractivity contribution in [1.29, 1.82) is 0 Å². The summed E-state index contributed by atoms with van der Waals surface area (Å²) in [7, 11) is 1.60. The first kappa shape index (κ1) is 21.6. The molecule has 0 fully saturated rings. The highest BCUT2D eigenvalue weighted by Crippen LogP contribution is 2.30. The molecule has 0 radical (unpaired) electrons. The Morgan fingerprint density at radius 3 is 2.73 bits per heavy atom. The summed E-state index contributed by atoms with van der Waals surface area (Å²) in [5.74, 6) is 1.28. The standard InChI is InChI=1S/C22H24N2O5S/c1-5-11-29-16-12-14(7-9-15(16)27-4)8-10-17-23-20(25)18-13(3)19(22(26)28-6-2)30-21(18)24-17/h7-10,12H,5-6,11H2,1-4H3,(H,23,24,25)/b10-8+. The molecule has 0 aliphatic carbocycles. The highest BCUT2D eigenvalue weighted by molar-refractivity contribution is 7.20. The van der Waals surface area contributed by atoms with Crippen molar-refractivity contribution in [3.05, 3.63) is 50.4 Å². The van der Waals surface area contributed by atoms with Crippen LogP contribution in [0.15, 0.2) is 23.0 Å². The van der Waals surface area contributed by atoms with Crippen molar-refractivity contribution in [3.8, 4) is 11.5 Å². The maximum Gasteiger partial charge on any atom is 0.348 e. The van der Waals surface area contributed by atoms with Gasteiger partial charge in [-0.2, -0.15) is 0 Å². The third kappa shape index (κ3) is 4.54. The Hall–Kier alpha value is -3.13. The average Bonchev–Trinajstić information content (AvgIpc) is 3.08. The van der Waals surface area contributed by atoms with E-state index in [-0.39, 0.29) is 12.2 Å². The van der Waals surface area contributed by atoms with Gasteiger partial charge in [0.1, 0.15) is 15.5 Å². The number of carbonyl (C=O) groups excluding carboxylic acids is 1. The highest BCUT2D eigenvalue weighted by Gasteiger charge is 2.19. The summed E-state index contributed by atoms with van der Waals surface area (Å²) in [5.41, 5.74) is 1.18. The highest BCUT2D eigenvalue weighted by atomic mass is 32.1. The van der Waals surface area contributed by atoms with Crippen LogP contribution in [0.1, 0.15) is 46.9 Å². The van der Waals surface area contributed by atoms with Gasteiger partial charge in [-0.15, -0.1) is 11.3 Å². The molecule has 0 amide bonds. The summed E-state index contributed by atoms with van der Waals surface area (Å²) in [6, 6.07) is 5.59. The fourth-order valence-corrected chi connectivity index (χ4v) is 4.01. The van der Waals surface area contributed by atoms with Crippen molar-refractivity contribution in [1.82, 2.24) is 9.97 Å². The number of esters is 1. The minimum absolute atomic E-state index is 0.274. The number of aromatic amines is 1. The van der Waals surface area contributed by atoms with Gasteiger partial charge in [0.15, 0.2) is 11.5 Å². The van der Waals surface area contributed by atoms with Gasteiger partial charge in [0, 0.05) is 0 Å². The number of fused-ring (bicyclic) bond motifs is 1. The molecule has 3 aromatic rings. The Morgan fingerprint density at radius 2 is 2.03 bits per heavy atom. The molecular weight excluding hydrogens is 404 g/mol. The van der Waals surface area contributed by atoms with Crippen LogP contribution in [0.3, 0.4) is 0 Å². The number of ether oxygens (including phenoxy) is 3. The minimum Gasteiger partial charge on any atom is -0.493 e. The molecule has 2 aromatic heterocycles. The summed E-state index contributed by atoms with van der Waals surface area (Å²) in [4.78, 5) is 32.8.